The lowest BCUT2D eigenvalue weighted by Gasteiger charge is -2.35. The minimum atomic E-state index is -0.610. The molecule has 0 spiro atoms. The van der Waals surface area contributed by atoms with Crippen molar-refractivity contribution in [3.05, 3.63) is 59.9 Å². The van der Waals surface area contributed by atoms with E-state index in [1.165, 1.54) is 7.11 Å². The van der Waals surface area contributed by atoms with Gasteiger partial charge in [-0.15, -0.1) is 0 Å². The van der Waals surface area contributed by atoms with Gasteiger partial charge < -0.3 is 19.5 Å². The quantitative estimate of drug-likeness (QED) is 0.760. The molecule has 1 aromatic heterocycles. The van der Waals surface area contributed by atoms with Crippen LogP contribution in [-0.2, 0) is 16.0 Å². The van der Waals surface area contributed by atoms with Crippen LogP contribution >= 0.6 is 0 Å². The number of likely N-dealkylation sites (tertiary alicyclic amines) is 1. The highest BCUT2D eigenvalue weighted by atomic mass is 16.5. The number of rotatable bonds is 5. The lowest BCUT2D eigenvalue weighted by atomic mass is 9.78. The largest absolute Gasteiger partial charge is 0.488 e. The van der Waals surface area contributed by atoms with Crippen molar-refractivity contribution in [2.24, 2.45) is 11.8 Å². The first kappa shape index (κ1) is 20.3. The van der Waals surface area contributed by atoms with E-state index < -0.39 is 12.1 Å². The average molecular weight is 410 g/mol. The molecule has 4 rings (SSSR count). The van der Waals surface area contributed by atoms with Crippen LogP contribution in [0.2, 0.25) is 0 Å². The number of esters is 1. The van der Waals surface area contributed by atoms with E-state index in [0.29, 0.717) is 49.6 Å². The van der Waals surface area contributed by atoms with E-state index in [0.717, 1.165) is 5.56 Å². The molecule has 2 aliphatic rings. The summed E-state index contributed by atoms with van der Waals surface area (Å²) < 4.78 is 10.8. The smallest absolute Gasteiger partial charge is 0.337 e. The topological polar surface area (TPSA) is 89.0 Å². The zero-order valence-corrected chi connectivity index (χ0v) is 16.9. The second-order valence-corrected chi connectivity index (χ2v) is 8.07. The van der Waals surface area contributed by atoms with Crippen molar-refractivity contribution in [1.82, 2.24) is 9.88 Å². The monoisotopic (exact) mass is 410 g/mol. The number of carbonyl (C=O) groups is 2. The van der Waals surface area contributed by atoms with Gasteiger partial charge in [-0.05, 0) is 54.5 Å². The maximum atomic E-state index is 12.7. The first-order valence-electron chi connectivity index (χ1n) is 10.2. The Balaban J connectivity index is 1.38. The van der Waals surface area contributed by atoms with Crippen molar-refractivity contribution in [2.45, 2.75) is 31.5 Å². The Bertz CT molecular complexity index is 903. The van der Waals surface area contributed by atoms with E-state index >= 15 is 0 Å². The number of methoxy groups -OCH3 is 1. The highest BCUT2D eigenvalue weighted by molar-refractivity contribution is 5.89. The number of carbonyl (C=O) groups excluding carboxylic acids is 2. The van der Waals surface area contributed by atoms with E-state index in [1.807, 2.05) is 17.0 Å². The molecule has 4 atom stereocenters. The van der Waals surface area contributed by atoms with E-state index in [4.69, 9.17) is 9.47 Å². The van der Waals surface area contributed by atoms with Crippen molar-refractivity contribution in [3.63, 3.8) is 0 Å². The van der Waals surface area contributed by atoms with Crippen LogP contribution in [0, 0.1) is 11.8 Å². The van der Waals surface area contributed by atoms with Gasteiger partial charge in [0.25, 0.3) is 0 Å². The van der Waals surface area contributed by atoms with Gasteiger partial charge in [-0.25, -0.2) is 4.79 Å². The zero-order chi connectivity index (χ0) is 21.1. The Kier molecular flexibility index (Phi) is 5.99. The predicted octanol–water partition coefficient (Wildman–Crippen LogP) is 2.09. The molecule has 1 saturated carbocycles. The summed E-state index contributed by atoms with van der Waals surface area (Å²) in [5, 5.41) is 10.6. The van der Waals surface area contributed by atoms with Gasteiger partial charge in [0.05, 0.1) is 25.2 Å². The van der Waals surface area contributed by atoms with E-state index in [9.17, 15) is 14.7 Å². The van der Waals surface area contributed by atoms with Crippen molar-refractivity contribution in [2.75, 3.05) is 20.2 Å². The molecule has 7 nitrogen and oxygen atoms in total. The summed E-state index contributed by atoms with van der Waals surface area (Å²) >= 11 is 0. The average Bonchev–Trinajstić information content (AvgIpc) is 3.17. The van der Waals surface area contributed by atoms with Crippen LogP contribution in [0.3, 0.4) is 0 Å². The Labute approximate surface area is 175 Å². The molecule has 2 fully saturated rings. The molecule has 30 heavy (non-hydrogen) atoms. The van der Waals surface area contributed by atoms with Crippen LogP contribution in [0.5, 0.6) is 5.75 Å². The fourth-order valence-electron chi connectivity index (χ4n) is 4.50. The molecular weight excluding hydrogens is 384 g/mol. The summed E-state index contributed by atoms with van der Waals surface area (Å²) in [6.45, 7) is 1.35. The Hall–Kier alpha value is -2.93. The first-order chi connectivity index (χ1) is 14.5. The number of aliphatic hydroxyl groups is 1. The number of benzene rings is 1. The normalized spacial score (nSPS) is 25.5. The van der Waals surface area contributed by atoms with Crippen LogP contribution < -0.4 is 4.74 Å². The van der Waals surface area contributed by atoms with Gasteiger partial charge >= 0.3 is 5.97 Å². The Morgan fingerprint density at radius 2 is 1.97 bits per heavy atom. The van der Waals surface area contributed by atoms with Crippen molar-refractivity contribution in [1.29, 1.82) is 0 Å². The van der Waals surface area contributed by atoms with Crippen LogP contribution in [0.4, 0.5) is 0 Å². The van der Waals surface area contributed by atoms with Crippen molar-refractivity contribution < 1.29 is 24.2 Å². The van der Waals surface area contributed by atoms with Gasteiger partial charge in [0, 0.05) is 25.5 Å². The van der Waals surface area contributed by atoms with Gasteiger partial charge in [0.1, 0.15) is 11.9 Å². The summed E-state index contributed by atoms with van der Waals surface area (Å²) in [6.07, 6.45) is 4.05. The van der Waals surface area contributed by atoms with Crippen LogP contribution in [0.1, 0.15) is 28.8 Å². The summed E-state index contributed by atoms with van der Waals surface area (Å²) in [7, 11) is 1.34. The lowest BCUT2D eigenvalue weighted by Crippen LogP contribution is -2.42. The van der Waals surface area contributed by atoms with Crippen molar-refractivity contribution in [3.8, 4) is 5.75 Å². The number of aromatic nitrogens is 1. The number of fused-ring (bicyclic) bond motifs is 1. The molecule has 2 aromatic rings. The van der Waals surface area contributed by atoms with Gasteiger partial charge in [-0.3, -0.25) is 9.78 Å². The zero-order valence-electron chi connectivity index (χ0n) is 16.9. The van der Waals surface area contributed by atoms with Crippen LogP contribution in [0.25, 0.3) is 0 Å². The van der Waals surface area contributed by atoms with E-state index in [1.54, 1.807) is 36.7 Å². The van der Waals surface area contributed by atoms with Gasteiger partial charge in [-0.2, -0.15) is 0 Å². The van der Waals surface area contributed by atoms with E-state index in [2.05, 4.69) is 4.98 Å². The molecule has 1 aromatic carbocycles. The lowest BCUT2D eigenvalue weighted by molar-refractivity contribution is -0.129. The first-order valence-corrected chi connectivity index (χ1v) is 10.2. The summed E-state index contributed by atoms with van der Waals surface area (Å²) in [4.78, 5) is 30.4. The molecular formula is C23H26N2O5. The molecule has 1 amide bonds. The standard InChI is InChI=1S/C23H26N2O5/c1-29-23(28)16-5-2-6-19(9-16)30-21-11-18-14-25(13-17(18)10-20(21)26)22(27)8-15-4-3-7-24-12-15/h2-7,9,12,17-18,20-21,26H,8,10-11,13-14H2,1H3/t17-,18+,20+,21+/m0/s1. The molecule has 0 unspecified atom stereocenters. The van der Waals surface area contributed by atoms with E-state index in [-0.39, 0.29) is 17.9 Å². The summed E-state index contributed by atoms with van der Waals surface area (Å²) in [5.41, 5.74) is 1.32. The number of aliphatic hydroxyl groups excluding tert-OH is 1. The summed E-state index contributed by atoms with van der Waals surface area (Å²) in [5.74, 6) is 0.764. The Morgan fingerprint density at radius 3 is 2.70 bits per heavy atom. The predicted molar refractivity (Wildman–Crippen MR) is 109 cm³/mol. The summed E-state index contributed by atoms with van der Waals surface area (Å²) in [6, 6.07) is 10.5. The number of amides is 1. The highest BCUT2D eigenvalue weighted by Gasteiger charge is 2.43. The fourth-order valence-corrected chi connectivity index (χ4v) is 4.50. The van der Waals surface area contributed by atoms with Gasteiger partial charge in [-0.1, -0.05) is 12.1 Å². The molecule has 1 N–H and O–H groups in total. The highest BCUT2D eigenvalue weighted by Crippen LogP contribution is 2.38. The number of pyridine rings is 1. The second kappa shape index (κ2) is 8.83. The molecule has 0 bridgehead atoms. The number of hydrogen-bond acceptors (Lipinski definition) is 6. The third-order valence-corrected chi connectivity index (χ3v) is 6.06. The molecule has 1 aliphatic heterocycles. The van der Waals surface area contributed by atoms with Crippen LogP contribution in [-0.4, -0.2) is 59.3 Å². The molecule has 1 saturated heterocycles. The molecule has 7 heteroatoms. The third-order valence-electron chi connectivity index (χ3n) is 6.06. The maximum Gasteiger partial charge on any atom is 0.337 e. The third kappa shape index (κ3) is 4.46. The Morgan fingerprint density at radius 1 is 1.17 bits per heavy atom. The second-order valence-electron chi connectivity index (χ2n) is 8.07. The number of nitrogens with zero attached hydrogens (tertiary/aromatic N) is 2. The SMILES string of the molecule is COC(=O)c1cccc(O[C@@H]2C[C@@H]3CN(C(=O)Cc4cccnc4)C[C@@H]3C[C@H]2O)c1. The fraction of sp³-hybridized carbons (Fsp3) is 0.435. The van der Waals surface area contributed by atoms with Gasteiger partial charge in [0.15, 0.2) is 0 Å². The molecule has 0 radical (unpaired) electrons. The molecule has 158 valence electrons. The molecule has 1 aliphatic carbocycles. The minimum absolute atomic E-state index is 0.0927. The molecule has 2 heterocycles. The van der Waals surface area contributed by atoms with Crippen LogP contribution in [0.15, 0.2) is 48.8 Å². The number of hydrogen-bond donors (Lipinski definition) is 1. The number of ether oxygens (including phenoxy) is 2. The maximum absolute atomic E-state index is 12.7. The van der Waals surface area contributed by atoms with Gasteiger partial charge in [0.2, 0.25) is 5.91 Å². The minimum Gasteiger partial charge on any atom is -0.488 e. The van der Waals surface area contributed by atoms with Crippen molar-refractivity contribution >= 4 is 11.9 Å².